The molecule has 0 bridgehead atoms. The highest BCUT2D eigenvalue weighted by Gasteiger charge is 2.36. The van der Waals surface area contributed by atoms with Crippen LogP contribution >= 0.6 is 0 Å². The van der Waals surface area contributed by atoms with E-state index in [0.29, 0.717) is 6.61 Å². The Morgan fingerprint density at radius 3 is 2.59 bits per heavy atom. The predicted molar refractivity (Wildman–Crippen MR) is 65.6 cm³/mol. The molecular weight excluding hydrogens is 216 g/mol. The van der Waals surface area contributed by atoms with Crippen LogP contribution in [0, 0.1) is 5.92 Å². The van der Waals surface area contributed by atoms with Crippen LogP contribution in [-0.4, -0.2) is 30.2 Å². The molecule has 0 aromatic heterocycles. The topological polar surface area (TPSA) is 38.7 Å². The molecule has 1 aromatic rings. The molecule has 1 N–H and O–H groups in total. The smallest absolute Gasteiger partial charge is 0.163 e. The average Bonchev–Trinajstić information content (AvgIpc) is 2.68. The molecule has 1 fully saturated rings. The van der Waals surface area contributed by atoms with Crippen molar-refractivity contribution < 1.29 is 14.6 Å². The molecule has 1 aliphatic rings. The van der Waals surface area contributed by atoms with Crippen LogP contribution in [-0.2, 0) is 15.9 Å². The third-order valence-electron chi connectivity index (χ3n) is 3.13. The Balaban J connectivity index is 1.98. The number of hydrogen-bond acceptors (Lipinski definition) is 3. The normalized spacial score (nSPS) is 24.8. The van der Waals surface area contributed by atoms with Crippen molar-refractivity contribution in [1.29, 1.82) is 0 Å². The second kappa shape index (κ2) is 5.17. The maximum absolute atomic E-state index is 9.48. The van der Waals surface area contributed by atoms with Crippen molar-refractivity contribution in [2.45, 2.75) is 32.2 Å². The summed E-state index contributed by atoms with van der Waals surface area (Å²) < 4.78 is 11.3. The average molecular weight is 236 g/mol. The molecule has 3 nitrogen and oxygen atoms in total. The minimum absolute atomic E-state index is 0.0183. The summed E-state index contributed by atoms with van der Waals surface area (Å²) in [5.41, 5.74) is 1.22. The Kier molecular flexibility index (Phi) is 3.82. The fourth-order valence-corrected chi connectivity index (χ4v) is 2.18. The summed E-state index contributed by atoms with van der Waals surface area (Å²) in [7, 11) is 0. The minimum Gasteiger partial charge on any atom is -0.396 e. The predicted octanol–water partition coefficient (Wildman–Crippen LogP) is 1.99. The Bertz CT molecular complexity index is 348. The second-order valence-electron chi connectivity index (χ2n) is 5.00. The van der Waals surface area contributed by atoms with Crippen molar-refractivity contribution >= 4 is 0 Å². The van der Waals surface area contributed by atoms with Gasteiger partial charge in [0, 0.05) is 12.5 Å². The van der Waals surface area contributed by atoms with Gasteiger partial charge in [-0.05, 0) is 25.8 Å². The third kappa shape index (κ3) is 3.28. The first-order chi connectivity index (χ1) is 8.11. The van der Waals surface area contributed by atoms with E-state index in [0.717, 1.165) is 6.42 Å². The molecule has 1 aliphatic heterocycles. The molecule has 0 unspecified atom stereocenters. The molecular formula is C14H20O3. The van der Waals surface area contributed by atoms with E-state index in [9.17, 15) is 5.11 Å². The van der Waals surface area contributed by atoms with Gasteiger partial charge in [-0.25, -0.2) is 0 Å². The van der Waals surface area contributed by atoms with Crippen molar-refractivity contribution in [3.05, 3.63) is 35.9 Å². The van der Waals surface area contributed by atoms with Crippen LogP contribution in [0.3, 0.4) is 0 Å². The monoisotopic (exact) mass is 236 g/mol. The van der Waals surface area contributed by atoms with Crippen LogP contribution in [0.5, 0.6) is 0 Å². The minimum atomic E-state index is -0.519. The summed E-state index contributed by atoms with van der Waals surface area (Å²) in [5, 5.41) is 9.48. The number of aliphatic hydroxyl groups is 1. The highest BCUT2D eigenvalue weighted by molar-refractivity contribution is 5.15. The summed E-state index contributed by atoms with van der Waals surface area (Å²) in [5.74, 6) is -0.423. The number of benzene rings is 1. The van der Waals surface area contributed by atoms with Crippen LogP contribution in [0.1, 0.15) is 19.4 Å². The lowest BCUT2D eigenvalue weighted by atomic mass is 9.95. The molecule has 1 aromatic carbocycles. The summed E-state index contributed by atoms with van der Waals surface area (Å²) in [6.45, 7) is 4.50. The first-order valence-electron chi connectivity index (χ1n) is 6.07. The van der Waals surface area contributed by atoms with Gasteiger partial charge in [-0.2, -0.15) is 0 Å². The summed E-state index contributed by atoms with van der Waals surface area (Å²) in [6.07, 6.45) is 0.803. The van der Waals surface area contributed by atoms with Gasteiger partial charge in [0.2, 0.25) is 0 Å². The van der Waals surface area contributed by atoms with Gasteiger partial charge in [-0.1, -0.05) is 30.3 Å². The van der Waals surface area contributed by atoms with E-state index in [1.807, 2.05) is 32.0 Å². The molecule has 2 atom stereocenters. The maximum atomic E-state index is 9.48. The van der Waals surface area contributed by atoms with Crippen molar-refractivity contribution in [3.63, 3.8) is 0 Å². The lowest BCUT2D eigenvalue weighted by molar-refractivity contribution is -0.146. The fraction of sp³-hybridized carbons (Fsp3) is 0.571. The number of aliphatic hydroxyl groups excluding tert-OH is 1. The molecule has 0 spiro atoms. The van der Waals surface area contributed by atoms with Gasteiger partial charge in [0.25, 0.3) is 0 Å². The molecule has 0 amide bonds. The van der Waals surface area contributed by atoms with Gasteiger partial charge in [-0.15, -0.1) is 0 Å². The number of hydrogen-bond donors (Lipinski definition) is 1. The number of ether oxygens (including phenoxy) is 2. The highest BCUT2D eigenvalue weighted by atomic mass is 16.7. The van der Waals surface area contributed by atoms with E-state index in [2.05, 4.69) is 12.1 Å². The Hall–Kier alpha value is -0.900. The molecule has 0 radical (unpaired) electrons. The van der Waals surface area contributed by atoms with E-state index in [4.69, 9.17) is 9.47 Å². The van der Waals surface area contributed by atoms with Gasteiger partial charge in [-0.3, -0.25) is 0 Å². The van der Waals surface area contributed by atoms with Gasteiger partial charge in [0.1, 0.15) is 0 Å². The third-order valence-corrected chi connectivity index (χ3v) is 3.13. The highest BCUT2D eigenvalue weighted by Crippen LogP contribution is 2.28. The van der Waals surface area contributed by atoms with E-state index >= 15 is 0 Å². The van der Waals surface area contributed by atoms with Gasteiger partial charge < -0.3 is 14.6 Å². The van der Waals surface area contributed by atoms with Crippen LogP contribution in [0.4, 0.5) is 0 Å². The first-order valence-corrected chi connectivity index (χ1v) is 6.07. The molecule has 2 rings (SSSR count). The quantitative estimate of drug-likeness (QED) is 0.869. The SMILES string of the molecule is CC1(C)OC[C@@H]([C@H](CO)Cc2ccccc2)O1. The van der Waals surface area contributed by atoms with Crippen LogP contribution in [0.2, 0.25) is 0 Å². The van der Waals surface area contributed by atoms with Gasteiger partial charge in [0.15, 0.2) is 5.79 Å². The van der Waals surface area contributed by atoms with Crippen molar-refractivity contribution in [1.82, 2.24) is 0 Å². The lowest BCUT2D eigenvalue weighted by Gasteiger charge is -2.22. The summed E-state index contributed by atoms with van der Waals surface area (Å²) in [4.78, 5) is 0. The Morgan fingerprint density at radius 2 is 2.06 bits per heavy atom. The van der Waals surface area contributed by atoms with Crippen molar-refractivity contribution in [3.8, 4) is 0 Å². The summed E-state index contributed by atoms with van der Waals surface area (Å²) in [6, 6.07) is 10.2. The molecule has 1 saturated heterocycles. The number of rotatable bonds is 4. The maximum Gasteiger partial charge on any atom is 0.163 e. The fourth-order valence-electron chi connectivity index (χ4n) is 2.18. The Labute approximate surface area is 102 Å². The zero-order valence-corrected chi connectivity index (χ0v) is 10.4. The molecule has 0 saturated carbocycles. The van der Waals surface area contributed by atoms with Crippen LogP contribution < -0.4 is 0 Å². The van der Waals surface area contributed by atoms with Crippen LogP contribution in [0.15, 0.2) is 30.3 Å². The first kappa shape index (κ1) is 12.6. The Morgan fingerprint density at radius 1 is 1.35 bits per heavy atom. The van der Waals surface area contributed by atoms with Crippen molar-refractivity contribution in [2.75, 3.05) is 13.2 Å². The standard InChI is InChI=1S/C14H20O3/c1-14(2)16-10-13(17-14)12(9-15)8-11-6-4-3-5-7-11/h3-7,12-13,15H,8-10H2,1-2H3/t12-,13-/m0/s1. The molecule has 94 valence electrons. The van der Waals surface area contributed by atoms with Crippen LogP contribution in [0.25, 0.3) is 0 Å². The van der Waals surface area contributed by atoms with E-state index in [1.54, 1.807) is 0 Å². The second-order valence-corrected chi connectivity index (χ2v) is 5.00. The van der Waals surface area contributed by atoms with E-state index in [1.165, 1.54) is 5.56 Å². The van der Waals surface area contributed by atoms with E-state index in [-0.39, 0.29) is 18.6 Å². The molecule has 3 heteroatoms. The van der Waals surface area contributed by atoms with Gasteiger partial charge in [0.05, 0.1) is 12.7 Å². The molecule has 0 aliphatic carbocycles. The summed E-state index contributed by atoms with van der Waals surface area (Å²) >= 11 is 0. The lowest BCUT2D eigenvalue weighted by Crippen LogP contribution is -2.30. The largest absolute Gasteiger partial charge is 0.396 e. The molecule has 17 heavy (non-hydrogen) atoms. The van der Waals surface area contributed by atoms with E-state index < -0.39 is 5.79 Å². The zero-order valence-electron chi connectivity index (χ0n) is 10.4. The molecule has 1 heterocycles. The van der Waals surface area contributed by atoms with Gasteiger partial charge >= 0.3 is 0 Å². The van der Waals surface area contributed by atoms with Crippen molar-refractivity contribution in [2.24, 2.45) is 5.92 Å². The zero-order chi connectivity index (χ0) is 12.3.